The molecule has 2 aromatic carbocycles. The van der Waals surface area contributed by atoms with Crippen LogP contribution in [-0.4, -0.2) is 38.6 Å². The Morgan fingerprint density at radius 2 is 1.78 bits per heavy atom. The van der Waals surface area contributed by atoms with E-state index in [-0.39, 0.29) is 17.7 Å². The van der Waals surface area contributed by atoms with Crippen LogP contribution in [0.25, 0.3) is 0 Å². The predicted octanol–water partition coefficient (Wildman–Crippen LogP) is 2.50. The minimum atomic E-state index is -0.316. The van der Waals surface area contributed by atoms with Gasteiger partial charge in [0.25, 0.3) is 5.91 Å². The molecule has 0 aromatic heterocycles. The average Bonchev–Trinajstić information content (AvgIpc) is 2.68. The molecule has 7 heteroatoms. The summed E-state index contributed by atoms with van der Waals surface area (Å²) in [6, 6.07) is 12.2. The summed E-state index contributed by atoms with van der Waals surface area (Å²) in [5.74, 6) is 0.573. The molecule has 0 saturated carbocycles. The van der Waals surface area contributed by atoms with E-state index in [4.69, 9.17) is 9.47 Å². The van der Waals surface area contributed by atoms with E-state index < -0.39 is 0 Å². The van der Waals surface area contributed by atoms with Crippen LogP contribution in [0, 0.1) is 5.92 Å². The van der Waals surface area contributed by atoms with Gasteiger partial charge in [-0.05, 0) is 31.3 Å². The molecule has 0 saturated heterocycles. The summed E-state index contributed by atoms with van der Waals surface area (Å²) >= 11 is 0. The lowest BCUT2D eigenvalue weighted by molar-refractivity contribution is -0.119. The van der Waals surface area contributed by atoms with Crippen molar-refractivity contribution in [3.63, 3.8) is 0 Å². The molecule has 1 atom stereocenters. The number of rotatable bonds is 6. The maximum absolute atomic E-state index is 12.7. The molecule has 1 heterocycles. The second-order valence-electron chi connectivity index (χ2n) is 6.31. The van der Waals surface area contributed by atoms with Crippen LogP contribution in [0.15, 0.2) is 42.5 Å². The van der Waals surface area contributed by atoms with Crippen molar-refractivity contribution in [2.45, 2.75) is 6.92 Å². The monoisotopic (exact) mass is 369 g/mol. The van der Waals surface area contributed by atoms with Crippen molar-refractivity contribution in [3.8, 4) is 11.5 Å². The van der Waals surface area contributed by atoms with Crippen LogP contribution in [0.1, 0.15) is 17.3 Å². The van der Waals surface area contributed by atoms with E-state index in [0.717, 1.165) is 0 Å². The summed E-state index contributed by atoms with van der Waals surface area (Å²) in [6.45, 7) is 3.36. The number of para-hydroxylation sites is 1. The second kappa shape index (κ2) is 8.55. The normalized spacial score (nSPS) is 13.6. The standard InChI is InChI=1S/C20H23N3O4/c1-13(12-21-2)19(24)23-16-6-4-3-5-15(16)20(25)22-14-7-8-17-18(11-14)27-10-9-26-17/h3-8,11,13,21H,9-10,12H2,1-2H3,(H,22,25)(H,23,24). The molecule has 0 aliphatic carbocycles. The predicted molar refractivity (Wildman–Crippen MR) is 104 cm³/mol. The van der Waals surface area contributed by atoms with E-state index in [1.807, 2.05) is 6.92 Å². The molecule has 0 radical (unpaired) electrons. The van der Waals surface area contributed by atoms with Crippen molar-refractivity contribution in [1.82, 2.24) is 5.32 Å². The minimum Gasteiger partial charge on any atom is -0.486 e. The van der Waals surface area contributed by atoms with Crippen LogP contribution >= 0.6 is 0 Å². The molecule has 0 spiro atoms. The van der Waals surface area contributed by atoms with Gasteiger partial charge < -0.3 is 25.4 Å². The zero-order chi connectivity index (χ0) is 19.2. The van der Waals surface area contributed by atoms with Crippen molar-refractivity contribution in [2.75, 3.05) is 37.4 Å². The Kier molecular flexibility index (Phi) is 5.93. The van der Waals surface area contributed by atoms with Crippen LogP contribution in [-0.2, 0) is 4.79 Å². The topological polar surface area (TPSA) is 88.7 Å². The number of anilines is 2. The molecule has 0 bridgehead atoms. The zero-order valence-corrected chi connectivity index (χ0v) is 15.4. The second-order valence-corrected chi connectivity index (χ2v) is 6.31. The first-order valence-electron chi connectivity index (χ1n) is 8.84. The lowest BCUT2D eigenvalue weighted by Gasteiger charge is -2.19. The molecule has 142 valence electrons. The van der Waals surface area contributed by atoms with Crippen LogP contribution in [0.3, 0.4) is 0 Å². The number of amides is 2. The fourth-order valence-corrected chi connectivity index (χ4v) is 2.76. The Hall–Kier alpha value is -3.06. The summed E-state index contributed by atoms with van der Waals surface area (Å²) in [5, 5.41) is 8.63. The Balaban J connectivity index is 1.74. The number of nitrogens with one attached hydrogen (secondary N) is 3. The van der Waals surface area contributed by atoms with Crippen LogP contribution < -0.4 is 25.4 Å². The third-order valence-corrected chi connectivity index (χ3v) is 4.19. The number of carbonyl (C=O) groups excluding carboxylic acids is 2. The summed E-state index contributed by atoms with van der Waals surface area (Å²) in [6.07, 6.45) is 0. The Labute approximate surface area is 158 Å². The smallest absolute Gasteiger partial charge is 0.257 e. The average molecular weight is 369 g/mol. The summed E-state index contributed by atoms with van der Waals surface area (Å²) in [5.41, 5.74) is 1.45. The van der Waals surface area contributed by atoms with Gasteiger partial charge in [-0.3, -0.25) is 9.59 Å². The SMILES string of the molecule is CNCC(C)C(=O)Nc1ccccc1C(=O)Nc1ccc2c(c1)OCCO2. The molecule has 1 aliphatic heterocycles. The first-order chi connectivity index (χ1) is 13.1. The van der Waals surface area contributed by atoms with E-state index in [2.05, 4.69) is 16.0 Å². The molecule has 27 heavy (non-hydrogen) atoms. The highest BCUT2D eigenvalue weighted by Crippen LogP contribution is 2.32. The molecule has 3 rings (SSSR count). The van der Waals surface area contributed by atoms with E-state index in [1.165, 1.54) is 0 Å². The van der Waals surface area contributed by atoms with Crippen molar-refractivity contribution in [1.29, 1.82) is 0 Å². The minimum absolute atomic E-state index is 0.149. The first-order valence-corrected chi connectivity index (χ1v) is 8.84. The van der Waals surface area contributed by atoms with Crippen molar-refractivity contribution in [3.05, 3.63) is 48.0 Å². The quantitative estimate of drug-likeness (QED) is 0.728. The zero-order valence-electron chi connectivity index (χ0n) is 15.4. The van der Waals surface area contributed by atoms with Gasteiger partial charge in [-0.15, -0.1) is 0 Å². The largest absolute Gasteiger partial charge is 0.486 e. The van der Waals surface area contributed by atoms with E-state index >= 15 is 0 Å². The molecule has 1 unspecified atom stereocenters. The van der Waals surface area contributed by atoms with Crippen molar-refractivity contribution >= 4 is 23.2 Å². The molecule has 3 N–H and O–H groups in total. The number of benzene rings is 2. The Morgan fingerprint density at radius 1 is 1.04 bits per heavy atom. The van der Waals surface area contributed by atoms with Gasteiger partial charge in [0.15, 0.2) is 11.5 Å². The Bertz CT molecular complexity index is 838. The van der Waals surface area contributed by atoms with Crippen LogP contribution in [0.5, 0.6) is 11.5 Å². The highest BCUT2D eigenvalue weighted by Gasteiger charge is 2.18. The highest BCUT2D eigenvalue weighted by molar-refractivity contribution is 6.10. The number of fused-ring (bicyclic) bond motifs is 1. The fraction of sp³-hybridized carbons (Fsp3) is 0.300. The summed E-state index contributed by atoms with van der Waals surface area (Å²) in [7, 11) is 1.79. The molecule has 1 aliphatic rings. The van der Waals surface area contributed by atoms with Gasteiger partial charge >= 0.3 is 0 Å². The van der Waals surface area contributed by atoms with Gasteiger partial charge in [0.1, 0.15) is 13.2 Å². The van der Waals surface area contributed by atoms with Crippen molar-refractivity contribution in [2.24, 2.45) is 5.92 Å². The van der Waals surface area contributed by atoms with Gasteiger partial charge in [-0.1, -0.05) is 19.1 Å². The van der Waals surface area contributed by atoms with Crippen LogP contribution in [0.4, 0.5) is 11.4 Å². The van der Waals surface area contributed by atoms with Gasteiger partial charge in [0.05, 0.1) is 11.3 Å². The molecular weight excluding hydrogens is 346 g/mol. The van der Waals surface area contributed by atoms with Crippen molar-refractivity contribution < 1.29 is 19.1 Å². The molecule has 2 amide bonds. The van der Waals surface area contributed by atoms with Gasteiger partial charge in [-0.2, -0.15) is 0 Å². The lowest BCUT2D eigenvalue weighted by Crippen LogP contribution is -2.29. The number of ether oxygens (including phenoxy) is 2. The van der Waals surface area contributed by atoms with Gasteiger partial charge in [-0.25, -0.2) is 0 Å². The maximum atomic E-state index is 12.7. The number of hydrogen-bond acceptors (Lipinski definition) is 5. The molecular formula is C20H23N3O4. The Morgan fingerprint density at radius 3 is 2.56 bits per heavy atom. The molecule has 0 fully saturated rings. The summed E-state index contributed by atoms with van der Waals surface area (Å²) in [4.78, 5) is 25.0. The number of hydrogen-bond donors (Lipinski definition) is 3. The highest BCUT2D eigenvalue weighted by atomic mass is 16.6. The van der Waals surface area contributed by atoms with Gasteiger partial charge in [0.2, 0.25) is 5.91 Å². The van der Waals surface area contributed by atoms with E-state index in [0.29, 0.717) is 48.2 Å². The molecule has 2 aromatic rings. The molecule has 7 nitrogen and oxygen atoms in total. The third-order valence-electron chi connectivity index (χ3n) is 4.19. The summed E-state index contributed by atoms with van der Waals surface area (Å²) < 4.78 is 11.0. The van der Waals surface area contributed by atoms with E-state index in [1.54, 1.807) is 49.5 Å². The number of carbonyl (C=O) groups is 2. The van der Waals surface area contributed by atoms with Gasteiger partial charge in [0, 0.05) is 24.2 Å². The maximum Gasteiger partial charge on any atom is 0.257 e. The van der Waals surface area contributed by atoms with E-state index in [9.17, 15) is 9.59 Å². The third kappa shape index (κ3) is 4.57. The van der Waals surface area contributed by atoms with Crippen LogP contribution in [0.2, 0.25) is 0 Å². The first kappa shape index (κ1) is 18.7. The lowest BCUT2D eigenvalue weighted by atomic mass is 10.1. The fourth-order valence-electron chi connectivity index (χ4n) is 2.76.